The van der Waals surface area contributed by atoms with Crippen molar-refractivity contribution in [1.29, 1.82) is 0 Å². The summed E-state index contributed by atoms with van der Waals surface area (Å²) in [4.78, 5) is 25.2. The monoisotopic (exact) mass is 353 g/mol. The maximum absolute atomic E-state index is 12.6. The Morgan fingerprint density at radius 3 is 2.35 bits per heavy atom. The number of aryl methyl sites for hydroxylation is 1. The summed E-state index contributed by atoms with van der Waals surface area (Å²) in [6.45, 7) is 4.35. The second-order valence-corrected chi connectivity index (χ2v) is 6.13. The van der Waals surface area contributed by atoms with Crippen LogP contribution in [-0.2, 0) is 17.9 Å². The van der Waals surface area contributed by atoms with Gasteiger partial charge < -0.3 is 10.1 Å². The summed E-state index contributed by atoms with van der Waals surface area (Å²) < 4.78 is 8.54. The molecule has 26 heavy (non-hydrogen) atoms. The number of benzene rings is 2. The van der Waals surface area contributed by atoms with E-state index in [0.717, 1.165) is 22.3 Å². The number of imidazole rings is 1. The Morgan fingerprint density at radius 1 is 1.08 bits per heavy atom. The van der Waals surface area contributed by atoms with Crippen LogP contribution in [0.5, 0.6) is 5.75 Å². The lowest BCUT2D eigenvalue weighted by Gasteiger charge is -2.17. The Hall–Kier alpha value is -3.02. The Balaban J connectivity index is 1.84. The Kier molecular flexibility index (Phi) is 5.11. The van der Waals surface area contributed by atoms with Gasteiger partial charge in [0.25, 0.3) is 0 Å². The number of carbonyl (C=O) groups is 1. The Morgan fingerprint density at radius 2 is 1.69 bits per heavy atom. The van der Waals surface area contributed by atoms with E-state index in [1.165, 1.54) is 4.57 Å². The third-order valence-corrected chi connectivity index (χ3v) is 4.53. The van der Waals surface area contributed by atoms with Gasteiger partial charge in [-0.15, -0.1) is 0 Å². The molecular formula is C20H23N3O3. The van der Waals surface area contributed by atoms with Crippen molar-refractivity contribution in [3.8, 4) is 5.75 Å². The summed E-state index contributed by atoms with van der Waals surface area (Å²) in [5.74, 6) is 0.504. The molecule has 0 saturated heterocycles. The fourth-order valence-corrected chi connectivity index (χ4v) is 3.26. The van der Waals surface area contributed by atoms with Crippen molar-refractivity contribution in [2.24, 2.45) is 0 Å². The van der Waals surface area contributed by atoms with Crippen molar-refractivity contribution in [2.45, 2.75) is 33.0 Å². The number of methoxy groups -OCH3 is 1. The van der Waals surface area contributed by atoms with Crippen molar-refractivity contribution < 1.29 is 9.53 Å². The van der Waals surface area contributed by atoms with E-state index in [4.69, 9.17) is 4.74 Å². The third-order valence-electron chi connectivity index (χ3n) is 4.53. The highest BCUT2D eigenvalue weighted by molar-refractivity contribution is 5.81. The van der Waals surface area contributed by atoms with E-state index in [9.17, 15) is 9.59 Å². The molecule has 0 aliphatic heterocycles. The molecule has 0 unspecified atom stereocenters. The number of fused-ring (bicyclic) bond motifs is 1. The number of rotatable bonds is 6. The molecule has 0 aliphatic rings. The zero-order valence-electron chi connectivity index (χ0n) is 15.2. The molecule has 6 nitrogen and oxygen atoms in total. The van der Waals surface area contributed by atoms with Crippen molar-refractivity contribution >= 4 is 16.9 Å². The van der Waals surface area contributed by atoms with Gasteiger partial charge in [-0.2, -0.15) is 0 Å². The van der Waals surface area contributed by atoms with E-state index in [0.29, 0.717) is 6.54 Å². The molecule has 3 aromatic rings. The van der Waals surface area contributed by atoms with Gasteiger partial charge in [0.2, 0.25) is 5.91 Å². The predicted molar refractivity (Wildman–Crippen MR) is 101 cm³/mol. The van der Waals surface area contributed by atoms with Gasteiger partial charge >= 0.3 is 5.69 Å². The second kappa shape index (κ2) is 7.47. The molecule has 0 spiro atoms. The zero-order chi connectivity index (χ0) is 18.7. The first-order valence-electron chi connectivity index (χ1n) is 8.67. The summed E-state index contributed by atoms with van der Waals surface area (Å²) in [5, 5.41) is 2.95. The lowest BCUT2D eigenvalue weighted by molar-refractivity contribution is -0.122. The van der Waals surface area contributed by atoms with E-state index >= 15 is 0 Å². The molecule has 0 radical (unpaired) electrons. The van der Waals surface area contributed by atoms with E-state index < -0.39 is 0 Å². The van der Waals surface area contributed by atoms with Crippen molar-refractivity contribution in [3.63, 3.8) is 0 Å². The van der Waals surface area contributed by atoms with Crippen LogP contribution in [0.2, 0.25) is 0 Å². The molecule has 1 N–H and O–H groups in total. The topological polar surface area (TPSA) is 65.3 Å². The molecule has 1 amide bonds. The van der Waals surface area contributed by atoms with Crippen LogP contribution in [0.1, 0.15) is 25.5 Å². The van der Waals surface area contributed by atoms with Crippen LogP contribution in [0, 0.1) is 0 Å². The van der Waals surface area contributed by atoms with Crippen LogP contribution >= 0.6 is 0 Å². The third kappa shape index (κ3) is 3.22. The van der Waals surface area contributed by atoms with Gasteiger partial charge in [0.05, 0.1) is 24.2 Å². The van der Waals surface area contributed by atoms with Gasteiger partial charge in [-0.05, 0) is 32.0 Å². The van der Waals surface area contributed by atoms with Crippen LogP contribution in [-0.4, -0.2) is 22.2 Å². The second-order valence-electron chi connectivity index (χ2n) is 6.13. The van der Waals surface area contributed by atoms with Crippen molar-refractivity contribution in [1.82, 2.24) is 14.5 Å². The molecule has 0 bridgehead atoms. The average Bonchev–Trinajstić information content (AvgIpc) is 2.92. The predicted octanol–water partition coefficient (Wildman–Crippen LogP) is 2.71. The molecule has 1 atom stereocenters. The normalized spacial score (nSPS) is 12.1. The summed E-state index contributed by atoms with van der Waals surface area (Å²) in [5.41, 5.74) is 2.32. The first kappa shape index (κ1) is 17.8. The van der Waals surface area contributed by atoms with Crippen LogP contribution in [0.3, 0.4) is 0 Å². The van der Waals surface area contributed by atoms with E-state index in [-0.39, 0.29) is 24.2 Å². The molecule has 0 aliphatic carbocycles. The number of ether oxygens (including phenoxy) is 1. The smallest absolute Gasteiger partial charge is 0.329 e. The van der Waals surface area contributed by atoms with Crippen LogP contribution in [0.15, 0.2) is 53.3 Å². The summed E-state index contributed by atoms with van der Waals surface area (Å²) in [7, 11) is 1.60. The molecule has 0 saturated carbocycles. The number of nitrogens with zero attached hydrogens (tertiary/aromatic N) is 2. The summed E-state index contributed by atoms with van der Waals surface area (Å²) in [6, 6.07) is 14.8. The molecule has 136 valence electrons. The van der Waals surface area contributed by atoms with Gasteiger partial charge in [0, 0.05) is 12.1 Å². The first-order chi connectivity index (χ1) is 12.6. The van der Waals surface area contributed by atoms with Crippen LogP contribution in [0.25, 0.3) is 11.0 Å². The van der Waals surface area contributed by atoms with Gasteiger partial charge in [-0.25, -0.2) is 4.79 Å². The average molecular weight is 353 g/mol. The van der Waals surface area contributed by atoms with Crippen LogP contribution in [0.4, 0.5) is 0 Å². The number of aromatic nitrogens is 2. The van der Waals surface area contributed by atoms with Gasteiger partial charge in [-0.1, -0.05) is 30.3 Å². The molecule has 6 heteroatoms. The van der Waals surface area contributed by atoms with Gasteiger partial charge in [-0.3, -0.25) is 13.9 Å². The van der Waals surface area contributed by atoms with Crippen molar-refractivity contribution in [2.75, 3.05) is 7.11 Å². The lowest BCUT2D eigenvalue weighted by atomic mass is 10.1. The van der Waals surface area contributed by atoms with E-state index in [1.54, 1.807) is 11.7 Å². The van der Waals surface area contributed by atoms with E-state index in [1.807, 2.05) is 62.4 Å². The SMILES string of the molecule is CCn1c(=O)n(CC(=O)N[C@H](C)c2ccccc2OC)c2ccccc21. The van der Waals surface area contributed by atoms with E-state index in [2.05, 4.69) is 5.32 Å². The maximum atomic E-state index is 12.6. The number of hydrogen-bond donors (Lipinski definition) is 1. The highest BCUT2D eigenvalue weighted by atomic mass is 16.5. The fraction of sp³-hybridized carbons (Fsp3) is 0.300. The zero-order valence-corrected chi connectivity index (χ0v) is 15.2. The molecule has 0 fully saturated rings. The molecule has 1 heterocycles. The van der Waals surface area contributed by atoms with Crippen LogP contribution < -0.4 is 15.7 Å². The largest absolute Gasteiger partial charge is 0.496 e. The minimum absolute atomic E-state index is 0.0220. The molecule has 3 rings (SSSR count). The first-order valence-corrected chi connectivity index (χ1v) is 8.67. The van der Waals surface area contributed by atoms with Gasteiger partial charge in [0.1, 0.15) is 12.3 Å². The maximum Gasteiger partial charge on any atom is 0.329 e. The number of carbonyl (C=O) groups excluding carboxylic acids is 1. The number of para-hydroxylation sites is 3. The lowest BCUT2D eigenvalue weighted by Crippen LogP contribution is -2.34. The van der Waals surface area contributed by atoms with Crippen molar-refractivity contribution in [3.05, 3.63) is 64.6 Å². The highest BCUT2D eigenvalue weighted by Gasteiger charge is 2.17. The standard InChI is InChI=1S/C20H23N3O3/c1-4-22-16-10-6-7-11-17(16)23(20(22)25)13-19(24)21-14(2)15-9-5-8-12-18(15)26-3/h5-12,14H,4,13H2,1-3H3,(H,21,24)/t14-/m1/s1. The number of amides is 1. The number of nitrogens with one attached hydrogen (secondary N) is 1. The Bertz CT molecular complexity index is 987. The number of hydrogen-bond acceptors (Lipinski definition) is 3. The quantitative estimate of drug-likeness (QED) is 0.741. The minimum atomic E-state index is -0.228. The molecular weight excluding hydrogens is 330 g/mol. The minimum Gasteiger partial charge on any atom is -0.496 e. The highest BCUT2D eigenvalue weighted by Crippen LogP contribution is 2.24. The van der Waals surface area contributed by atoms with Gasteiger partial charge in [0.15, 0.2) is 0 Å². The fourth-order valence-electron chi connectivity index (χ4n) is 3.26. The Labute approximate surface area is 152 Å². The summed E-state index contributed by atoms with van der Waals surface area (Å²) in [6.07, 6.45) is 0. The molecule has 1 aromatic heterocycles. The molecule has 2 aromatic carbocycles. The summed E-state index contributed by atoms with van der Waals surface area (Å²) >= 11 is 0.